The lowest BCUT2D eigenvalue weighted by Gasteiger charge is -2.10. The molecule has 0 aliphatic heterocycles. The Kier molecular flexibility index (Phi) is 3.54. The molecule has 0 atom stereocenters. The van der Waals surface area contributed by atoms with Crippen molar-refractivity contribution >= 4 is 11.8 Å². The first kappa shape index (κ1) is 12.9. The normalized spacial score (nSPS) is 14.1. The van der Waals surface area contributed by atoms with E-state index in [1.165, 1.54) is 24.0 Å². The molecular weight excluding hydrogens is 248 g/mol. The first-order valence-corrected chi connectivity index (χ1v) is 7.11. The van der Waals surface area contributed by atoms with Crippen LogP contribution in [0.2, 0.25) is 0 Å². The summed E-state index contributed by atoms with van der Waals surface area (Å²) in [5.74, 6) is 1.61. The van der Waals surface area contributed by atoms with Crippen LogP contribution in [0.1, 0.15) is 29.7 Å². The Labute approximate surface area is 119 Å². The molecule has 1 saturated carbocycles. The summed E-state index contributed by atoms with van der Waals surface area (Å²) >= 11 is 0. The summed E-state index contributed by atoms with van der Waals surface area (Å²) < 4.78 is 0. The second kappa shape index (κ2) is 5.49. The maximum atomic E-state index is 4.53. The summed E-state index contributed by atoms with van der Waals surface area (Å²) in [6, 6.07) is 11.0. The standard InChI is InChI=1S/C16H20N4/c1-11-5-3-4-6-13(11)10-17-16-18-12(2)9-15(20-16)19-14-7-8-14/h3-6,9,14H,7-8,10H2,1-2H3,(H2,17,18,19,20). The van der Waals surface area contributed by atoms with Gasteiger partial charge in [-0.05, 0) is 37.8 Å². The minimum Gasteiger partial charge on any atom is -0.367 e. The quantitative estimate of drug-likeness (QED) is 0.873. The third-order valence-electron chi connectivity index (χ3n) is 3.48. The largest absolute Gasteiger partial charge is 0.367 e. The minimum atomic E-state index is 0.605. The van der Waals surface area contributed by atoms with E-state index in [-0.39, 0.29) is 0 Å². The van der Waals surface area contributed by atoms with Gasteiger partial charge in [0.2, 0.25) is 5.95 Å². The highest BCUT2D eigenvalue weighted by Crippen LogP contribution is 2.24. The molecule has 2 aromatic rings. The molecule has 3 rings (SSSR count). The van der Waals surface area contributed by atoms with Crippen LogP contribution in [0, 0.1) is 13.8 Å². The van der Waals surface area contributed by atoms with Gasteiger partial charge in [0, 0.05) is 24.3 Å². The monoisotopic (exact) mass is 268 g/mol. The first-order chi connectivity index (χ1) is 9.70. The minimum absolute atomic E-state index is 0.605. The molecule has 0 spiro atoms. The summed E-state index contributed by atoms with van der Waals surface area (Å²) in [6.07, 6.45) is 2.49. The highest BCUT2D eigenvalue weighted by atomic mass is 15.2. The summed E-state index contributed by atoms with van der Waals surface area (Å²) in [5, 5.41) is 6.73. The summed E-state index contributed by atoms with van der Waals surface area (Å²) in [5.41, 5.74) is 3.54. The van der Waals surface area contributed by atoms with Gasteiger partial charge in [0.1, 0.15) is 5.82 Å². The molecule has 1 aliphatic rings. The molecule has 1 heterocycles. The van der Waals surface area contributed by atoms with Gasteiger partial charge in [0.25, 0.3) is 0 Å². The van der Waals surface area contributed by atoms with Crippen molar-refractivity contribution in [2.45, 2.75) is 39.3 Å². The van der Waals surface area contributed by atoms with Crippen LogP contribution in [0.3, 0.4) is 0 Å². The molecule has 104 valence electrons. The molecule has 0 radical (unpaired) electrons. The van der Waals surface area contributed by atoms with E-state index in [4.69, 9.17) is 0 Å². The van der Waals surface area contributed by atoms with Crippen LogP contribution in [-0.4, -0.2) is 16.0 Å². The summed E-state index contributed by atoms with van der Waals surface area (Å²) in [7, 11) is 0. The van der Waals surface area contributed by atoms with Crippen LogP contribution < -0.4 is 10.6 Å². The number of rotatable bonds is 5. The van der Waals surface area contributed by atoms with Gasteiger partial charge in [-0.25, -0.2) is 4.98 Å². The Morgan fingerprint density at radius 1 is 1.15 bits per heavy atom. The molecule has 1 fully saturated rings. The third kappa shape index (κ3) is 3.26. The van der Waals surface area contributed by atoms with Crippen LogP contribution in [0.15, 0.2) is 30.3 Å². The molecule has 1 aromatic heterocycles. The lowest BCUT2D eigenvalue weighted by Crippen LogP contribution is -2.09. The maximum Gasteiger partial charge on any atom is 0.225 e. The Morgan fingerprint density at radius 2 is 1.95 bits per heavy atom. The number of benzene rings is 1. The molecule has 0 unspecified atom stereocenters. The molecule has 2 N–H and O–H groups in total. The van der Waals surface area contributed by atoms with Crippen molar-refractivity contribution in [2.24, 2.45) is 0 Å². The number of aryl methyl sites for hydroxylation is 2. The van der Waals surface area contributed by atoms with Crippen LogP contribution in [0.25, 0.3) is 0 Å². The zero-order valence-electron chi connectivity index (χ0n) is 12.0. The maximum absolute atomic E-state index is 4.53. The molecule has 4 nitrogen and oxygen atoms in total. The fourth-order valence-electron chi connectivity index (χ4n) is 2.14. The molecule has 0 amide bonds. The molecule has 4 heteroatoms. The van der Waals surface area contributed by atoms with Crippen molar-refractivity contribution in [2.75, 3.05) is 10.6 Å². The fourth-order valence-corrected chi connectivity index (χ4v) is 2.14. The number of aromatic nitrogens is 2. The van der Waals surface area contributed by atoms with Crippen LogP contribution in [0.4, 0.5) is 11.8 Å². The number of hydrogen-bond acceptors (Lipinski definition) is 4. The van der Waals surface area contributed by atoms with E-state index in [9.17, 15) is 0 Å². The molecule has 0 bridgehead atoms. The highest BCUT2D eigenvalue weighted by molar-refractivity contribution is 5.44. The second-order valence-corrected chi connectivity index (χ2v) is 5.42. The van der Waals surface area contributed by atoms with E-state index in [0.29, 0.717) is 12.0 Å². The summed E-state index contributed by atoms with van der Waals surface area (Å²) in [4.78, 5) is 8.97. The molecule has 1 aliphatic carbocycles. The van der Waals surface area contributed by atoms with Gasteiger partial charge in [-0.1, -0.05) is 24.3 Å². The van der Waals surface area contributed by atoms with Gasteiger partial charge >= 0.3 is 0 Å². The fraction of sp³-hybridized carbons (Fsp3) is 0.375. The Balaban J connectivity index is 1.70. The lowest BCUT2D eigenvalue weighted by molar-refractivity contribution is 1.01. The van der Waals surface area contributed by atoms with Gasteiger partial charge in [0.05, 0.1) is 0 Å². The van der Waals surface area contributed by atoms with Crippen molar-refractivity contribution in [1.29, 1.82) is 0 Å². The second-order valence-electron chi connectivity index (χ2n) is 5.42. The van der Waals surface area contributed by atoms with Crippen molar-refractivity contribution in [3.8, 4) is 0 Å². The molecule has 0 saturated heterocycles. The van der Waals surface area contributed by atoms with Crippen molar-refractivity contribution in [3.05, 3.63) is 47.2 Å². The average molecular weight is 268 g/mol. The van der Waals surface area contributed by atoms with Gasteiger partial charge < -0.3 is 10.6 Å². The van der Waals surface area contributed by atoms with E-state index in [2.05, 4.69) is 51.8 Å². The first-order valence-electron chi connectivity index (χ1n) is 7.11. The van der Waals surface area contributed by atoms with Crippen molar-refractivity contribution in [3.63, 3.8) is 0 Å². The number of nitrogens with zero attached hydrogens (tertiary/aromatic N) is 2. The van der Waals surface area contributed by atoms with Crippen molar-refractivity contribution in [1.82, 2.24) is 9.97 Å². The highest BCUT2D eigenvalue weighted by Gasteiger charge is 2.21. The predicted molar refractivity (Wildman–Crippen MR) is 81.9 cm³/mol. The van der Waals surface area contributed by atoms with E-state index in [1.54, 1.807) is 0 Å². The number of nitrogens with one attached hydrogen (secondary N) is 2. The topological polar surface area (TPSA) is 49.8 Å². The van der Waals surface area contributed by atoms with E-state index in [0.717, 1.165) is 18.1 Å². The summed E-state index contributed by atoms with van der Waals surface area (Å²) in [6.45, 7) is 4.87. The average Bonchev–Trinajstić information content (AvgIpc) is 3.21. The lowest BCUT2D eigenvalue weighted by atomic mass is 10.1. The van der Waals surface area contributed by atoms with Crippen LogP contribution in [0.5, 0.6) is 0 Å². The van der Waals surface area contributed by atoms with Crippen molar-refractivity contribution < 1.29 is 0 Å². The van der Waals surface area contributed by atoms with Gasteiger partial charge in [-0.2, -0.15) is 4.98 Å². The Hall–Kier alpha value is -2.10. The SMILES string of the molecule is Cc1cc(NC2CC2)nc(NCc2ccccc2C)n1. The Bertz CT molecular complexity index is 605. The zero-order valence-corrected chi connectivity index (χ0v) is 12.0. The zero-order chi connectivity index (χ0) is 13.9. The van der Waals surface area contributed by atoms with E-state index < -0.39 is 0 Å². The smallest absolute Gasteiger partial charge is 0.225 e. The molecule has 1 aromatic carbocycles. The van der Waals surface area contributed by atoms with Gasteiger partial charge in [0.15, 0.2) is 0 Å². The molecular formula is C16H20N4. The van der Waals surface area contributed by atoms with Gasteiger partial charge in [-0.3, -0.25) is 0 Å². The molecule has 20 heavy (non-hydrogen) atoms. The Morgan fingerprint density at radius 3 is 2.70 bits per heavy atom. The van der Waals surface area contributed by atoms with Crippen LogP contribution >= 0.6 is 0 Å². The third-order valence-corrected chi connectivity index (χ3v) is 3.48. The predicted octanol–water partition coefficient (Wildman–Crippen LogP) is 3.28. The van der Waals surface area contributed by atoms with Crippen LogP contribution in [-0.2, 0) is 6.54 Å². The van der Waals surface area contributed by atoms with E-state index in [1.807, 2.05) is 13.0 Å². The van der Waals surface area contributed by atoms with Gasteiger partial charge in [-0.15, -0.1) is 0 Å². The number of hydrogen-bond donors (Lipinski definition) is 2. The van der Waals surface area contributed by atoms with E-state index >= 15 is 0 Å². The number of anilines is 2.